The van der Waals surface area contributed by atoms with Crippen LogP contribution in [0.1, 0.15) is 29.9 Å². The van der Waals surface area contributed by atoms with E-state index in [1.54, 1.807) is 36.5 Å². The fourth-order valence-corrected chi connectivity index (χ4v) is 2.97. The van der Waals surface area contributed by atoms with Gasteiger partial charge in [-0.15, -0.1) is 0 Å². The van der Waals surface area contributed by atoms with Crippen LogP contribution in [-0.2, 0) is 11.3 Å². The lowest BCUT2D eigenvalue weighted by Crippen LogP contribution is -2.22. The summed E-state index contributed by atoms with van der Waals surface area (Å²) in [6.45, 7) is 5.14. The smallest absolute Gasteiger partial charge is 0.274 e. The molecule has 2 aromatic carbocycles. The number of nitrogens with one attached hydrogen (secondary N) is 2. The van der Waals surface area contributed by atoms with Crippen molar-refractivity contribution in [2.75, 3.05) is 22.1 Å². The zero-order valence-electron chi connectivity index (χ0n) is 16.6. The number of carbonyl (C=O) groups is 2. The highest BCUT2D eigenvalue weighted by molar-refractivity contribution is 6.03. The third-order valence-electron chi connectivity index (χ3n) is 4.38. The lowest BCUT2D eigenvalue weighted by Gasteiger charge is -2.23. The van der Waals surface area contributed by atoms with Gasteiger partial charge in [0, 0.05) is 31.4 Å². The Hall–Kier alpha value is -3.67. The predicted molar refractivity (Wildman–Crippen MR) is 116 cm³/mol. The minimum absolute atomic E-state index is 0.165. The van der Waals surface area contributed by atoms with Crippen LogP contribution in [0.4, 0.5) is 17.1 Å². The van der Waals surface area contributed by atoms with Crippen LogP contribution in [0.15, 0.2) is 72.9 Å². The highest BCUT2D eigenvalue weighted by atomic mass is 16.2. The number of rotatable bonds is 7. The van der Waals surface area contributed by atoms with Crippen molar-refractivity contribution in [2.24, 2.45) is 0 Å². The Bertz CT molecular complexity index is 972. The van der Waals surface area contributed by atoms with E-state index < -0.39 is 0 Å². The van der Waals surface area contributed by atoms with Crippen molar-refractivity contribution in [2.45, 2.75) is 20.4 Å². The van der Waals surface area contributed by atoms with Crippen molar-refractivity contribution in [3.63, 3.8) is 0 Å². The van der Waals surface area contributed by atoms with Gasteiger partial charge >= 0.3 is 0 Å². The number of anilines is 3. The first-order chi connectivity index (χ1) is 14.0. The van der Waals surface area contributed by atoms with Crippen molar-refractivity contribution in [1.29, 1.82) is 0 Å². The zero-order chi connectivity index (χ0) is 20.6. The van der Waals surface area contributed by atoms with E-state index >= 15 is 0 Å². The number of carbonyl (C=O) groups excluding carboxylic acids is 2. The van der Waals surface area contributed by atoms with Gasteiger partial charge in [0.2, 0.25) is 5.91 Å². The van der Waals surface area contributed by atoms with Crippen LogP contribution in [0.2, 0.25) is 0 Å². The number of aromatic nitrogens is 1. The summed E-state index contributed by atoms with van der Waals surface area (Å²) in [4.78, 5) is 30.2. The summed E-state index contributed by atoms with van der Waals surface area (Å²) in [5.74, 6) is -0.468. The van der Waals surface area contributed by atoms with Gasteiger partial charge in [-0.25, -0.2) is 4.98 Å². The summed E-state index contributed by atoms with van der Waals surface area (Å²) in [6, 6.07) is 20.8. The topological polar surface area (TPSA) is 74.3 Å². The molecule has 29 heavy (non-hydrogen) atoms. The highest BCUT2D eigenvalue weighted by Crippen LogP contribution is 2.18. The standard InChI is InChI=1S/C23H24N4O2/c1-3-27(16-18-8-5-4-6-9-18)21-12-13-22(24-15-21)23(29)26-20-11-7-10-19(14-20)25-17(2)28/h4-15H,3,16H2,1-2H3,(H,25,28)(H,26,29). The van der Waals surface area contributed by atoms with Gasteiger partial charge < -0.3 is 15.5 Å². The van der Waals surface area contributed by atoms with Crippen molar-refractivity contribution in [1.82, 2.24) is 4.98 Å². The van der Waals surface area contributed by atoms with Crippen molar-refractivity contribution < 1.29 is 9.59 Å². The fourth-order valence-electron chi connectivity index (χ4n) is 2.97. The van der Waals surface area contributed by atoms with E-state index in [1.165, 1.54) is 12.5 Å². The van der Waals surface area contributed by atoms with Gasteiger partial charge in [-0.3, -0.25) is 9.59 Å². The normalized spacial score (nSPS) is 10.3. The average Bonchev–Trinajstić information content (AvgIpc) is 2.72. The molecule has 3 rings (SSSR count). The summed E-state index contributed by atoms with van der Waals surface area (Å²) in [5, 5.41) is 5.50. The molecular weight excluding hydrogens is 364 g/mol. The second kappa shape index (κ2) is 9.50. The molecule has 1 heterocycles. The maximum absolute atomic E-state index is 12.5. The third-order valence-corrected chi connectivity index (χ3v) is 4.38. The number of hydrogen-bond acceptors (Lipinski definition) is 4. The highest BCUT2D eigenvalue weighted by Gasteiger charge is 2.11. The van der Waals surface area contributed by atoms with E-state index in [9.17, 15) is 9.59 Å². The lowest BCUT2D eigenvalue weighted by atomic mass is 10.2. The third kappa shape index (κ3) is 5.65. The zero-order valence-corrected chi connectivity index (χ0v) is 16.6. The van der Waals surface area contributed by atoms with Crippen LogP contribution in [0.25, 0.3) is 0 Å². The molecule has 0 saturated heterocycles. The minimum atomic E-state index is -0.303. The second-order valence-corrected chi connectivity index (χ2v) is 6.62. The molecule has 0 spiro atoms. The Morgan fingerprint density at radius 1 is 0.931 bits per heavy atom. The number of pyridine rings is 1. The molecule has 6 heteroatoms. The van der Waals surface area contributed by atoms with E-state index in [0.29, 0.717) is 17.1 Å². The number of benzene rings is 2. The Balaban J connectivity index is 1.67. The van der Waals surface area contributed by atoms with Gasteiger partial charge in [-0.05, 0) is 42.8 Å². The minimum Gasteiger partial charge on any atom is -0.366 e. The monoisotopic (exact) mass is 388 g/mol. The van der Waals surface area contributed by atoms with Crippen LogP contribution >= 0.6 is 0 Å². The van der Waals surface area contributed by atoms with E-state index in [4.69, 9.17) is 0 Å². The largest absolute Gasteiger partial charge is 0.366 e. The first kappa shape index (κ1) is 20.1. The van der Waals surface area contributed by atoms with Crippen LogP contribution in [-0.4, -0.2) is 23.3 Å². The Morgan fingerprint density at radius 3 is 2.28 bits per heavy atom. The van der Waals surface area contributed by atoms with Gasteiger partial charge in [0.25, 0.3) is 5.91 Å². The van der Waals surface area contributed by atoms with Crippen LogP contribution in [0.5, 0.6) is 0 Å². The molecule has 1 aromatic heterocycles. The Morgan fingerprint density at radius 2 is 1.66 bits per heavy atom. The number of amides is 2. The molecule has 0 bridgehead atoms. The predicted octanol–water partition coefficient (Wildman–Crippen LogP) is 4.32. The first-order valence-electron chi connectivity index (χ1n) is 9.49. The molecule has 0 aliphatic rings. The number of nitrogens with zero attached hydrogens (tertiary/aromatic N) is 2. The van der Waals surface area contributed by atoms with Gasteiger partial charge in [-0.1, -0.05) is 36.4 Å². The maximum Gasteiger partial charge on any atom is 0.274 e. The van der Waals surface area contributed by atoms with Crippen molar-refractivity contribution in [3.8, 4) is 0 Å². The Labute approximate surface area is 170 Å². The van der Waals surface area contributed by atoms with Crippen LogP contribution < -0.4 is 15.5 Å². The lowest BCUT2D eigenvalue weighted by molar-refractivity contribution is -0.114. The molecular formula is C23H24N4O2. The molecule has 0 aliphatic carbocycles. The van der Waals surface area contributed by atoms with Crippen LogP contribution in [0.3, 0.4) is 0 Å². The molecule has 0 radical (unpaired) electrons. The molecule has 0 aliphatic heterocycles. The second-order valence-electron chi connectivity index (χ2n) is 6.62. The molecule has 3 aromatic rings. The van der Waals surface area contributed by atoms with E-state index in [2.05, 4.69) is 39.6 Å². The maximum atomic E-state index is 12.5. The van der Waals surface area contributed by atoms with E-state index in [-0.39, 0.29) is 11.8 Å². The van der Waals surface area contributed by atoms with Crippen LogP contribution in [0, 0.1) is 0 Å². The average molecular weight is 388 g/mol. The quantitative estimate of drug-likeness (QED) is 0.632. The van der Waals surface area contributed by atoms with Gasteiger partial charge in [0.15, 0.2) is 0 Å². The molecule has 6 nitrogen and oxygen atoms in total. The van der Waals surface area contributed by atoms with Crippen molar-refractivity contribution >= 4 is 28.9 Å². The Kier molecular flexibility index (Phi) is 6.58. The summed E-state index contributed by atoms with van der Waals surface area (Å²) in [7, 11) is 0. The first-order valence-corrected chi connectivity index (χ1v) is 9.49. The molecule has 0 unspecified atom stereocenters. The van der Waals surface area contributed by atoms with E-state index in [0.717, 1.165) is 18.8 Å². The van der Waals surface area contributed by atoms with Gasteiger partial charge in [0.1, 0.15) is 5.69 Å². The molecule has 0 atom stereocenters. The van der Waals surface area contributed by atoms with Gasteiger partial charge in [-0.2, -0.15) is 0 Å². The van der Waals surface area contributed by atoms with Gasteiger partial charge in [0.05, 0.1) is 11.9 Å². The molecule has 2 N–H and O–H groups in total. The number of hydrogen-bond donors (Lipinski definition) is 2. The summed E-state index contributed by atoms with van der Waals surface area (Å²) >= 11 is 0. The molecule has 2 amide bonds. The molecule has 148 valence electrons. The van der Waals surface area contributed by atoms with E-state index in [1.807, 2.05) is 24.3 Å². The van der Waals surface area contributed by atoms with Crippen molar-refractivity contribution in [3.05, 3.63) is 84.2 Å². The summed E-state index contributed by atoms with van der Waals surface area (Å²) < 4.78 is 0. The molecule has 0 saturated carbocycles. The summed E-state index contributed by atoms with van der Waals surface area (Å²) in [6.07, 6.45) is 1.72. The SMILES string of the molecule is CCN(Cc1ccccc1)c1ccc(C(=O)Nc2cccc(NC(C)=O)c2)nc1. The summed E-state index contributed by atoms with van der Waals surface area (Å²) in [5.41, 5.74) is 3.72. The molecule has 0 fully saturated rings. The fraction of sp³-hybridized carbons (Fsp3) is 0.174.